The summed E-state index contributed by atoms with van der Waals surface area (Å²) in [6.45, 7) is 4.40. The van der Waals surface area contributed by atoms with Crippen LogP contribution >= 0.6 is 0 Å². The molecule has 1 aliphatic rings. The van der Waals surface area contributed by atoms with Crippen molar-refractivity contribution in [1.82, 2.24) is 4.90 Å². The molecule has 1 saturated heterocycles. The minimum absolute atomic E-state index is 0.558. The monoisotopic (exact) mass is 233 g/mol. The molecular formula is C13H20BNO2. The van der Waals surface area contributed by atoms with Crippen LogP contribution in [0, 0.1) is 0 Å². The van der Waals surface area contributed by atoms with Gasteiger partial charge in [-0.05, 0) is 36.8 Å². The van der Waals surface area contributed by atoms with Crippen LogP contribution in [0.4, 0.5) is 0 Å². The third-order valence-corrected chi connectivity index (χ3v) is 3.63. The third-order valence-electron chi connectivity index (χ3n) is 3.63. The number of hydrogen-bond donors (Lipinski definition) is 2. The van der Waals surface area contributed by atoms with Crippen molar-refractivity contribution in [3.8, 4) is 0 Å². The highest BCUT2D eigenvalue weighted by Gasteiger charge is 2.22. The summed E-state index contributed by atoms with van der Waals surface area (Å²) >= 11 is 0. The number of hydrogen-bond acceptors (Lipinski definition) is 3. The molecule has 0 radical (unpaired) electrons. The van der Waals surface area contributed by atoms with E-state index < -0.39 is 7.12 Å². The minimum atomic E-state index is -1.36. The van der Waals surface area contributed by atoms with E-state index >= 15 is 0 Å². The summed E-state index contributed by atoms with van der Waals surface area (Å²) in [6.07, 6.45) is 3.82. The summed E-state index contributed by atoms with van der Waals surface area (Å²) < 4.78 is 0. The zero-order chi connectivity index (χ0) is 12.3. The van der Waals surface area contributed by atoms with Gasteiger partial charge in [0.1, 0.15) is 0 Å². The van der Waals surface area contributed by atoms with E-state index in [0.717, 1.165) is 12.6 Å². The van der Waals surface area contributed by atoms with Crippen molar-refractivity contribution in [2.45, 2.75) is 38.8 Å². The minimum Gasteiger partial charge on any atom is -0.423 e. The van der Waals surface area contributed by atoms with E-state index in [2.05, 4.69) is 11.8 Å². The van der Waals surface area contributed by atoms with Crippen molar-refractivity contribution in [3.63, 3.8) is 0 Å². The third kappa shape index (κ3) is 3.09. The molecule has 0 saturated carbocycles. The molecule has 2 rings (SSSR count). The van der Waals surface area contributed by atoms with Gasteiger partial charge in [-0.1, -0.05) is 31.2 Å². The van der Waals surface area contributed by atoms with Crippen LogP contribution in [0.25, 0.3) is 0 Å². The lowest BCUT2D eigenvalue weighted by atomic mass is 9.80. The zero-order valence-electron chi connectivity index (χ0n) is 10.3. The maximum absolute atomic E-state index is 9.02. The Labute approximate surface area is 103 Å². The Morgan fingerprint density at radius 1 is 1.29 bits per heavy atom. The van der Waals surface area contributed by atoms with Gasteiger partial charge in [-0.15, -0.1) is 0 Å². The van der Waals surface area contributed by atoms with Gasteiger partial charge in [-0.25, -0.2) is 0 Å². The number of benzene rings is 1. The molecule has 4 heteroatoms. The number of rotatable bonds is 4. The lowest BCUT2D eigenvalue weighted by molar-refractivity contribution is 0.240. The first-order chi connectivity index (χ1) is 8.20. The fourth-order valence-corrected chi connectivity index (χ4v) is 2.60. The quantitative estimate of drug-likeness (QED) is 0.754. The Kier molecular flexibility index (Phi) is 4.21. The van der Waals surface area contributed by atoms with Crippen molar-refractivity contribution in [2.24, 2.45) is 0 Å². The highest BCUT2D eigenvalue weighted by atomic mass is 16.4. The van der Waals surface area contributed by atoms with Crippen molar-refractivity contribution < 1.29 is 10.0 Å². The molecule has 1 unspecified atom stereocenters. The smallest absolute Gasteiger partial charge is 0.423 e. The van der Waals surface area contributed by atoms with E-state index in [4.69, 9.17) is 10.0 Å². The zero-order valence-corrected chi connectivity index (χ0v) is 10.3. The summed E-state index contributed by atoms with van der Waals surface area (Å²) in [7, 11) is -1.36. The first-order valence-corrected chi connectivity index (χ1v) is 6.39. The molecular weight excluding hydrogens is 213 g/mol. The molecule has 0 aliphatic carbocycles. The second-order valence-electron chi connectivity index (χ2n) is 4.79. The van der Waals surface area contributed by atoms with Gasteiger partial charge in [-0.3, -0.25) is 4.90 Å². The van der Waals surface area contributed by atoms with Gasteiger partial charge in [-0.2, -0.15) is 0 Å². The number of likely N-dealkylation sites (tertiary alicyclic amines) is 1. The highest BCUT2D eigenvalue weighted by molar-refractivity contribution is 6.58. The van der Waals surface area contributed by atoms with Crippen LogP contribution in [-0.4, -0.2) is 34.7 Å². The van der Waals surface area contributed by atoms with Crippen LogP contribution in [0.3, 0.4) is 0 Å². The van der Waals surface area contributed by atoms with Crippen molar-refractivity contribution in [3.05, 3.63) is 29.8 Å². The second kappa shape index (κ2) is 5.67. The van der Waals surface area contributed by atoms with E-state index in [0.29, 0.717) is 5.46 Å². The molecule has 1 fully saturated rings. The fraction of sp³-hybridized carbons (Fsp3) is 0.538. The molecule has 0 amide bonds. The van der Waals surface area contributed by atoms with Crippen molar-refractivity contribution in [1.29, 1.82) is 0 Å². The lowest BCUT2D eigenvalue weighted by Gasteiger charge is -2.23. The van der Waals surface area contributed by atoms with Crippen LogP contribution in [-0.2, 0) is 6.54 Å². The van der Waals surface area contributed by atoms with Crippen molar-refractivity contribution >= 4 is 12.6 Å². The molecule has 0 aromatic heterocycles. The average molecular weight is 233 g/mol. The first kappa shape index (κ1) is 12.6. The maximum Gasteiger partial charge on any atom is 0.488 e. The Hall–Kier alpha value is -0.835. The van der Waals surface area contributed by atoms with Gasteiger partial charge < -0.3 is 10.0 Å². The average Bonchev–Trinajstić information content (AvgIpc) is 2.77. The molecule has 0 spiro atoms. The van der Waals surface area contributed by atoms with Crippen molar-refractivity contribution in [2.75, 3.05) is 6.54 Å². The summed E-state index contributed by atoms with van der Waals surface area (Å²) in [6, 6.07) is 8.27. The second-order valence-corrected chi connectivity index (χ2v) is 4.79. The summed E-state index contributed by atoms with van der Waals surface area (Å²) in [4.78, 5) is 2.52. The van der Waals surface area contributed by atoms with Gasteiger partial charge >= 0.3 is 7.12 Å². The Balaban J connectivity index is 1.99. The molecule has 1 aliphatic heterocycles. The van der Waals surface area contributed by atoms with E-state index in [1.807, 2.05) is 12.1 Å². The molecule has 1 aromatic rings. The molecule has 92 valence electrons. The van der Waals surface area contributed by atoms with E-state index in [-0.39, 0.29) is 0 Å². The van der Waals surface area contributed by atoms with Crippen LogP contribution in [0.2, 0.25) is 0 Å². The largest absolute Gasteiger partial charge is 0.488 e. The first-order valence-electron chi connectivity index (χ1n) is 6.39. The molecule has 17 heavy (non-hydrogen) atoms. The van der Waals surface area contributed by atoms with Crippen LogP contribution in [0.1, 0.15) is 31.7 Å². The normalized spacial score (nSPS) is 20.8. The molecule has 1 aromatic carbocycles. The molecule has 2 N–H and O–H groups in total. The molecule has 1 heterocycles. The SMILES string of the molecule is CCC1CCCN1Cc1ccc(B(O)O)cc1. The van der Waals surface area contributed by atoms with Gasteiger partial charge in [0, 0.05) is 12.6 Å². The topological polar surface area (TPSA) is 43.7 Å². The molecule has 1 atom stereocenters. The van der Waals surface area contributed by atoms with Gasteiger partial charge in [0.15, 0.2) is 0 Å². The predicted molar refractivity (Wildman–Crippen MR) is 70.0 cm³/mol. The van der Waals surface area contributed by atoms with Crippen LogP contribution < -0.4 is 5.46 Å². The Morgan fingerprint density at radius 2 is 2.00 bits per heavy atom. The lowest BCUT2D eigenvalue weighted by Crippen LogP contribution is -2.30. The predicted octanol–water partition coefficient (Wildman–Crippen LogP) is 0.741. The Bertz CT molecular complexity index is 353. The number of nitrogens with zero attached hydrogens (tertiary/aromatic N) is 1. The fourth-order valence-electron chi connectivity index (χ4n) is 2.60. The highest BCUT2D eigenvalue weighted by Crippen LogP contribution is 2.21. The van der Waals surface area contributed by atoms with Crippen LogP contribution in [0.15, 0.2) is 24.3 Å². The van der Waals surface area contributed by atoms with Gasteiger partial charge in [0.05, 0.1) is 0 Å². The van der Waals surface area contributed by atoms with E-state index in [1.54, 1.807) is 12.1 Å². The van der Waals surface area contributed by atoms with Gasteiger partial charge in [0.2, 0.25) is 0 Å². The summed E-state index contributed by atoms with van der Waals surface area (Å²) in [5.41, 5.74) is 1.80. The van der Waals surface area contributed by atoms with E-state index in [9.17, 15) is 0 Å². The Morgan fingerprint density at radius 3 is 2.59 bits per heavy atom. The molecule has 3 nitrogen and oxygen atoms in total. The standard InChI is InChI=1S/C13H20BNO2/c1-2-13-4-3-9-15(13)10-11-5-7-12(8-6-11)14(16)17/h5-8,13,16-17H,2-4,9-10H2,1H3. The molecule has 0 bridgehead atoms. The van der Waals surface area contributed by atoms with E-state index in [1.165, 1.54) is 31.4 Å². The van der Waals surface area contributed by atoms with Gasteiger partial charge in [0.25, 0.3) is 0 Å². The summed E-state index contributed by atoms with van der Waals surface area (Å²) in [5, 5.41) is 18.0. The maximum atomic E-state index is 9.02. The van der Waals surface area contributed by atoms with Crippen LogP contribution in [0.5, 0.6) is 0 Å². The summed E-state index contributed by atoms with van der Waals surface area (Å²) in [5.74, 6) is 0.